The Labute approximate surface area is 170 Å². The Bertz CT molecular complexity index is 853. The normalized spacial score (nSPS) is 15.5. The van der Waals surface area contributed by atoms with Gasteiger partial charge in [-0.1, -0.05) is 35.3 Å². The minimum Gasteiger partial charge on any atom is -0.369 e. The summed E-state index contributed by atoms with van der Waals surface area (Å²) in [5.41, 5.74) is 0.316. The van der Waals surface area contributed by atoms with E-state index in [1.54, 1.807) is 24.3 Å². The molecule has 150 valence electrons. The largest absolute Gasteiger partial charge is 0.416 e. The van der Waals surface area contributed by atoms with Crippen molar-refractivity contribution in [3.05, 3.63) is 58.1 Å². The Kier molecular flexibility index (Phi) is 6.37. The van der Waals surface area contributed by atoms with Crippen molar-refractivity contribution in [1.29, 1.82) is 0 Å². The van der Waals surface area contributed by atoms with Crippen molar-refractivity contribution in [3.63, 3.8) is 0 Å². The van der Waals surface area contributed by atoms with Crippen molar-refractivity contribution in [1.82, 2.24) is 4.90 Å². The lowest BCUT2D eigenvalue weighted by Gasteiger charge is -2.36. The molecule has 1 saturated heterocycles. The number of nitrogens with zero attached hydrogens (tertiary/aromatic N) is 2. The van der Waals surface area contributed by atoms with Crippen LogP contribution in [0.3, 0.4) is 0 Å². The van der Waals surface area contributed by atoms with Crippen LogP contribution in [0.2, 0.25) is 10.0 Å². The second kappa shape index (κ2) is 8.59. The number of benzene rings is 2. The number of halogens is 5. The highest BCUT2D eigenvalue weighted by atomic mass is 35.5. The molecule has 0 saturated carbocycles. The molecule has 1 amide bonds. The van der Waals surface area contributed by atoms with Crippen molar-refractivity contribution in [2.75, 3.05) is 42.9 Å². The number of rotatable bonds is 4. The number of piperazine rings is 1. The van der Waals surface area contributed by atoms with E-state index in [2.05, 4.69) is 5.32 Å². The average molecular weight is 432 g/mol. The smallest absolute Gasteiger partial charge is 0.369 e. The van der Waals surface area contributed by atoms with Gasteiger partial charge in [0.05, 0.1) is 27.8 Å². The fourth-order valence-corrected chi connectivity index (χ4v) is 3.38. The summed E-state index contributed by atoms with van der Waals surface area (Å²) in [6, 6.07) is 10.3. The summed E-state index contributed by atoms with van der Waals surface area (Å²) in [7, 11) is 0. The minimum atomic E-state index is -4.36. The Balaban J connectivity index is 1.54. The molecule has 3 rings (SSSR count). The van der Waals surface area contributed by atoms with Crippen LogP contribution in [-0.4, -0.2) is 43.5 Å². The molecule has 0 spiro atoms. The summed E-state index contributed by atoms with van der Waals surface area (Å²) >= 11 is 12.0. The molecule has 4 nitrogen and oxygen atoms in total. The van der Waals surface area contributed by atoms with Gasteiger partial charge in [-0.3, -0.25) is 9.69 Å². The third-order valence-electron chi connectivity index (χ3n) is 4.50. The SMILES string of the molecule is O=C(CN1CCN(c2cccc(C(F)(F)F)c2)CC1)Nc1cccc(Cl)c1Cl. The molecule has 0 bridgehead atoms. The number of alkyl halides is 3. The first kappa shape index (κ1) is 20.8. The molecule has 1 aliphatic rings. The van der Waals surface area contributed by atoms with Crippen molar-refractivity contribution < 1.29 is 18.0 Å². The maximum Gasteiger partial charge on any atom is 0.416 e. The van der Waals surface area contributed by atoms with Crippen LogP contribution in [0.5, 0.6) is 0 Å². The molecule has 1 aliphatic heterocycles. The predicted octanol–water partition coefficient (Wildman–Crippen LogP) is 4.77. The fourth-order valence-electron chi connectivity index (χ4n) is 3.04. The summed E-state index contributed by atoms with van der Waals surface area (Å²) in [6.45, 7) is 2.36. The molecule has 2 aromatic rings. The van der Waals surface area contributed by atoms with Gasteiger partial charge in [0.15, 0.2) is 0 Å². The highest BCUT2D eigenvalue weighted by molar-refractivity contribution is 6.44. The van der Waals surface area contributed by atoms with E-state index in [4.69, 9.17) is 23.2 Å². The van der Waals surface area contributed by atoms with Gasteiger partial charge >= 0.3 is 6.18 Å². The van der Waals surface area contributed by atoms with Crippen molar-refractivity contribution in [2.24, 2.45) is 0 Å². The lowest BCUT2D eigenvalue weighted by molar-refractivity contribution is -0.137. The molecule has 2 aromatic carbocycles. The van der Waals surface area contributed by atoms with E-state index < -0.39 is 11.7 Å². The standard InChI is InChI=1S/C19H18Cl2F3N3O/c20-15-5-2-6-16(18(15)21)25-17(28)12-26-7-9-27(10-8-26)14-4-1-3-13(11-14)19(22,23)24/h1-6,11H,7-10,12H2,(H,25,28). The first-order valence-corrected chi connectivity index (χ1v) is 9.38. The van der Waals surface area contributed by atoms with Gasteiger partial charge in [-0.2, -0.15) is 13.2 Å². The molecule has 0 aliphatic carbocycles. The van der Waals surface area contributed by atoms with Gasteiger partial charge in [-0.25, -0.2) is 0 Å². The van der Waals surface area contributed by atoms with Crippen LogP contribution < -0.4 is 10.2 Å². The van der Waals surface area contributed by atoms with Crippen molar-refractivity contribution >= 4 is 40.5 Å². The number of hydrogen-bond donors (Lipinski definition) is 1. The monoisotopic (exact) mass is 431 g/mol. The molecule has 1 N–H and O–H groups in total. The summed E-state index contributed by atoms with van der Waals surface area (Å²) in [4.78, 5) is 16.1. The third kappa shape index (κ3) is 5.10. The molecule has 1 heterocycles. The Morgan fingerprint density at radius 2 is 1.71 bits per heavy atom. The van der Waals surface area contributed by atoms with Gasteiger partial charge in [0, 0.05) is 31.9 Å². The number of carbonyl (C=O) groups is 1. The van der Waals surface area contributed by atoms with Crippen LogP contribution in [0.15, 0.2) is 42.5 Å². The number of amides is 1. The molecule has 1 fully saturated rings. The zero-order valence-corrected chi connectivity index (χ0v) is 16.3. The topological polar surface area (TPSA) is 35.6 Å². The third-order valence-corrected chi connectivity index (χ3v) is 5.32. The Morgan fingerprint density at radius 1 is 1.04 bits per heavy atom. The highest BCUT2D eigenvalue weighted by Gasteiger charge is 2.31. The lowest BCUT2D eigenvalue weighted by atomic mass is 10.1. The highest BCUT2D eigenvalue weighted by Crippen LogP contribution is 2.32. The van der Waals surface area contributed by atoms with Gasteiger partial charge in [0.25, 0.3) is 0 Å². The van der Waals surface area contributed by atoms with Gasteiger partial charge in [0.2, 0.25) is 5.91 Å². The van der Waals surface area contributed by atoms with E-state index in [1.807, 2.05) is 9.80 Å². The maximum absolute atomic E-state index is 12.9. The summed E-state index contributed by atoms with van der Waals surface area (Å²) in [5.74, 6) is -0.225. The van der Waals surface area contributed by atoms with Crippen molar-refractivity contribution in [3.8, 4) is 0 Å². The fraction of sp³-hybridized carbons (Fsp3) is 0.316. The van der Waals surface area contributed by atoms with Crippen LogP contribution in [-0.2, 0) is 11.0 Å². The zero-order valence-electron chi connectivity index (χ0n) is 14.8. The van der Waals surface area contributed by atoms with E-state index in [9.17, 15) is 18.0 Å². The molecular weight excluding hydrogens is 414 g/mol. The molecule has 0 atom stereocenters. The van der Waals surface area contributed by atoms with Gasteiger partial charge in [-0.15, -0.1) is 0 Å². The van der Waals surface area contributed by atoms with Crippen LogP contribution in [0.4, 0.5) is 24.5 Å². The van der Waals surface area contributed by atoms with E-state index in [1.165, 1.54) is 6.07 Å². The minimum absolute atomic E-state index is 0.166. The second-order valence-corrected chi connectivity index (χ2v) is 7.25. The molecule has 0 aromatic heterocycles. The first-order chi connectivity index (χ1) is 13.2. The van der Waals surface area contributed by atoms with Crippen LogP contribution in [0.1, 0.15) is 5.56 Å². The predicted molar refractivity (Wildman–Crippen MR) is 105 cm³/mol. The van der Waals surface area contributed by atoms with E-state index in [-0.39, 0.29) is 17.5 Å². The Hall–Kier alpha value is -1.96. The summed E-state index contributed by atoms with van der Waals surface area (Å²) in [5, 5.41) is 3.37. The maximum atomic E-state index is 12.9. The van der Waals surface area contributed by atoms with Gasteiger partial charge < -0.3 is 10.2 Å². The number of anilines is 2. The van der Waals surface area contributed by atoms with Gasteiger partial charge in [0.1, 0.15) is 0 Å². The molecule has 0 radical (unpaired) electrons. The zero-order chi connectivity index (χ0) is 20.3. The van der Waals surface area contributed by atoms with Crippen LogP contribution in [0, 0.1) is 0 Å². The van der Waals surface area contributed by atoms with Crippen LogP contribution in [0.25, 0.3) is 0 Å². The molecule has 0 unspecified atom stereocenters. The lowest BCUT2D eigenvalue weighted by Crippen LogP contribution is -2.48. The first-order valence-electron chi connectivity index (χ1n) is 8.62. The second-order valence-electron chi connectivity index (χ2n) is 6.46. The van der Waals surface area contributed by atoms with E-state index in [0.29, 0.717) is 42.6 Å². The number of nitrogens with one attached hydrogen (secondary N) is 1. The number of carbonyl (C=O) groups excluding carboxylic acids is 1. The number of hydrogen-bond acceptors (Lipinski definition) is 3. The summed E-state index contributed by atoms with van der Waals surface area (Å²) in [6.07, 6.45) is -4.36. The Morgan fingerprint density at radius 3 is 2.39 bits per heavy atom. The summed E-state index contributed by atoms with van der Waals surface area (Å²) < 4.78 is 38.7. The van der Waals surface area contributed by atoms with E-state index in [0.717, 1.165) is 12.1 Å². The van der Waals surface area contributed by atoms with Gasteiger partial charge in [-0.05, 0) is 30.3 Å². The molecule has 9 heteroatoms. The van der Waals surface area contributed by atoms with Crippen LogP contribution >= 0.6 is 23.2 Å². The van der Waals surface area contributed by atoms with Crippen molar-refractivity contribution in [2.45, 2.75) is 6.18 Å². The average Bonchev–Trinajstić information content (AvgIpc) is 2.65. The van der Waals surface area contributed by atoms with E-state index >= 15 is 0 Å². The molecular formula is C19H18Cl2F3N3O. The quantitative estimate of drug-likeness (QED) is 0.756. The molecule has 28 heavy (non-hydrogen) atoms.